The van der Waals surface area contributed by atoms with Crippen molar-refractivity contribution in [3.8, 4) is 0 Å². The molecule has 1 unspecified atom stereocenters. The molecule has 13 heteroatoms. The molecule has 0 radical (unpaired) electrons. The zero-order chi connectivity index (χ0) is 20.6. The molecule has 0 spiro atoms. The van der Waals surface area contributed by atoms with Crippen molar-refractivity contribution in [3.05, 3.63) is 29.8 Å². The molecule has 2 rings (SSSR count). The molecule has 1 aromatic rings. The predicted octanol–water partition coefficient (Wildman–Crippen LogP) is 2.33. The molecule has 0 aromatic heterocycles. The lowest BCUT2D eigenvalue weighted by molar-refractivity contribution is -0.148. The van der Waals surface area contributed by atoms with Crippen molar-refractivity contribution in [3.63, 3.8) is 0 Å². The predicted molar refractivity (Wildman–Crippen MR) is 86.2 cm³/mol. The van der Waals surface area contributed by atoms with Crippen LogP contribution in [0.4, 0.5) is 19.4 Å². The zero-order valence-corrected chi connectivity index (χ0v) is 14.8. The number of hydrogen-bond acceptors (Lipinski definition) is 5. The summed E-state index contributed by atoms with van der Waals surface area (Å²) in [5.74, 6) is -2.00. The van der Waals surface area contributed by atoms with Gasteiger partial charge in [-0.1, -0.05) is 19.4 Å². The van der Waals surface area contributed by atoms with Gasteiger partial charge in [0.25, 0.3) is 11.8 Å². The van der Waals surface area contributed by atoms with Crippen molar-refractivity contribution in [2.45, 2.75) is 23.5 Å². The third-order valence-electron chi connectivity index (χ3n) is 4.02. The van der Waals surface area contributed by atoms with Gasteiger partial charge in [0.15, 0.2) is 0 Å². The number of benzene rings is 1. The fourth-order valence-corrected chi connectivity index (χ4v) is 3.28. The number of amides is 2. The fourth-order valence-electron chi connectivity index (χ4n) is 2.63. The van der Waals surface area contributed by atoms with Gasteiger partial charge >= 0.3 is 10.2 Å². The summed E-state index contributed by atoms with van der Waals surface area (Å²) in [6.45, 7) is 2.17. The number of nitrogens with one attached hydrogen (secondary N) is 3. The van der Waals surface area contributed by atoms with Crippen LogP contribution in [0.1, 0.15) is 17.3 Å². The molecule has 1 heterocycles. The van der Waals surface area contributed by atoms with Crippen LogP contribution < -0.4 is 16.1 Å². The van der Waals surface area contributed by atoms with Crippen molar-refractivity contribution < 1.29 is 39.0 Å². The molecule has 0 aliphatic carbocycles. The number of halogens is 5. The molecule has 1 aliphatic heterocycles. The van der Waals surface area contributed by atoms with Gasteiger partial charge in [-0.3, -0.25) is 14.8 Å². The Labute approximate surface area is 150 Å². The van der Waals surface area contributed by atoms with E-state index in [-0.39, 0.29) is 37.4 Å². The SMILES string of the molecule is CCOC1(C(NC(=O)c2ccc(S(F)(F)(F)(F)F)cc2)C(=O)NO)CNC1. The molecule has 1 aromatic carbocycles. The quantitative estimate of drug-likeness (QED) is 0.309. The molecular formula is C14H18F5N3O4S. The van der Waals surface area contributed by atoms with E-state index in [0.717, 1.165) is 0 Å². The van der Waals surface area contributed by atoms with Gasteiger partial charge in [-0.25, -0.2) is 5.48 Å². The molecule has 154 valence electrons. The lowest BCUT2D eigenvalue weighted by Crippen LogP contribution is -2.74. The molecule has 7 nitrogen and oxygen atoms in total. The van der Waals surface area contributed by atoms with Gasteiger partial charge in [0, 0.05) is 25.3 Å². The highest BCUT2D eigenvalue weighted by atomic mass is 32.5. The van der Waals surface area contributed by atoms with E-state index in [4.69, 9.17) is 9.94 Å². The zero-order valence-electron chi connectivity index (χ0n) is 14.0. The molecule has 4 N–H and O–H groups in total. The molecule has 1 fully saturated rings. The summed E-state index contributed by atoms with van der Waals surface area (Å²) in [7, 11) is -9.85. The number of hydrogen-bond donors (Lipinski definition) is 4. The van der Waals surface area contributed by atoms with Crippen LogP contribution in [0.3, 0.4) is 0 Å². The number of rotatable bonds is 7. The molecular weight excluding hydrogens is 401 g/mol. The van der Waals surface area contributed by atoms with E-state index < -0.39 is 38.6 Å². The second-order valence-corrected chi connectivity index (χ2v) is 8.39. The topological polar surface area (TPSA) is 99.7 Å². The van der Waals surface area contributed by atoms with Gasteiger partial charge in [0.2, 0.25) is 0 Å². The van der Waals surface area contributed by atoms with Crippen LogP contribution in [-0.4, -0.2) is 48.4 Å². The Hall–Kier alpha value is -1.96. The molecule has 0 saturated carbocycles. The summed E-state index contributed by atoms with van der Waals surface area (Å²) >= 11 is 0. The molecule has 0 bridgehead atoms. The Bertz CT molecular complexity index is 738. The van der Waals surface area contributed by atoms with Crippen LogP contribution in [0, 0.1) is 0 Å². The van der Waals surface area contributed by atoms with E-state index >= 15 is 0 Å². The summed E-state index contributed by atoms with van der Waals surface area (Å²) < 4.78 is 69.1. The Kier molecular flexibility index (Phi) is 4.97. The Balaban J connectivity index is 2.25. The van der Waals surface area contributed by atoms with E-state index in [9.17, 15) is 29.0 Å². The fraction of sp³-hybridized carbons (Fsp3) is 0.429. The third kappa shape index (κ3) is 4.66. The maximum absolute atomic E-state index is 12.7. The smallest absolute Gasteiger partial charge is 0.310 e. The van der Waals surface area contributed by atoms with Gasteiger partial charge in [0.1, 0.15) is 16.5 Å². The van der Waals surface area contributed by atoms with Gasteiger partial charge in [-0.2, -0.15) is 0 Å². The van der Waals surface area contributed by atoms with Crippen LogP contribution in [0.2, 0.25) is 0 Å². The molecule has 1 atom stereocenters. The number of carbonyl (C=O) groups is 2. The Morgan fingerprint density at radius 3 is 2.15 bits per heavy atom. The summed E-state index contributed by atoms with van der Waals surface area (Å²) in [4.78, 5) is 22.1. The summed E-state index contributed by atoms with van der Waals surface area (Å²) in [5, 5.41) is 14.0. The van der Waals surface area contributed by atoms with Crippen LogP contribution in [0.25, 0.3) is 0 Å². The van der Waals surface area contributed by atoms with E-state index in [1.165, 1.54) is 5.48 Å². The minimum absolute atomic E-state index is 0.0980. The van der Waals surface area contributed by atoms with Crippen molar-refractivity contribution in [1.29, 1.82) is 0 Å². The molecule has 2 amide bonds. The Morgan fingerprint density at radius 1 is 1.22 bits per heavy atom. The lowest BCUT2D eigenvalue weighted by Gasteiger charge is -2.46. The van der Waals surface area contributed by atoms with Gasteiger partial charge in [0.05, 0.1) is 0 Å². The summed E-state index contributed by atoms with van der Waals surface area (Å²) in [6, 6.07) is -0.0284. The number of ether oxygens (including phenoxy) is 1. The second-order valence-electron chi connectivity index (χ2n) is 5.98. The van der Waals surface area contributed by atoms with Crippen molar-refractivity contribution >= 4 is 22.0 Å². The van der Waals surface area contributed by atoms with Crippen molar-refractivity contribution in [2.24, 2.45) is 0 Å². The monoisotopic (exact) mass is 419 g/mol. The van der Waals surface area contributed by atoms with Gasteiger partial charge < -0.3 is 15.4 Å². The van der Waals surface area contributed by atoms with Gasteiger partial charge in [-0.15, -0.1) is 0 Å². The largest absolute Gasteiger partial charge is 0.370 e. The van der Waals surface area contributed by atoms with Gasteiger partial charge in [-0.05, 0) is 31.2 Å². The van der Waals surface area contributed by atoms with Crippen LogP contribution >= 0.6 is 10.2 Å². The normalized spacial score (nSPS) is 19.8. The van der Waals surface area contributed by atoms with E-state index in [1.54, 1.807) is 6.92 Å². The number of hydroxylamine groups is 1. The average molecular weight is 419 g/mol. The highest BCUT2D eigenvalue weighted by Gasteiger charge is 2.65. The summed E-state index contributed by atoms with van der Waals surface area (Å²) in [5.41, 5.74) is -0.157. The van der Waals surface area contributed by atoms with E-state index in [1.807, 2.05) is 0 Å². The molecule has 1 aliphatic rings. The highest BCUT2D eigenvalue weighted by molar-refractivity contribution is 8.45. The van der Waals surface area contributed by atoms with Crippen LogP contribution in [0.5, 0.6) is 0 Å². The first-order valence-corrected chi connectivity index (χ1v) is 9.61. The second kappa shape index (κ2) is 6.29. The Morgan fingerprint density at radius 2 is 1.78 bits per heavy atom. The minimum Gasteiger partial charge on any atom is -0.370 e. The maximum Gasteiger partial charge on any atom is 0.310 e. The standard InChI is InChI=1S/C14H18F5N3O4S/c1-2-26-14(7-20-8-14)11(13(24)22-25)21-12(23)9-3-5-10(6-4-9)27(15,16,17,18)19/h3-6,11,20,25H,2,7-8H2,1H3,(H,21,23)(H,22,24). The third-order valence-corrected chi connectivity index (χ3v) is 5.18. The van der Waals surface area contributed by atoms with E-state index in [0.29, 0.717) is 12.1 Å². The van der Waals surface area contributed by atoms with Crippen molar-refractivity contribution in [2.75, 3.05) is 19.7 Å². The van der Waals surface area contributed by atoms with Crippen LogP contribution in [0.15, 0.2) is 29.2 Å². The molecule has 1 saturated heterocycles. The summed E-state index contributed by atoms with van der Waals surface area (Å²) in [6.07, 6.45) is 0. The van der Waals surface area contributed by atoms with E-state index in [2.05, 4.69) is 10.6 Å². The first-order chi connectivity index (χ1) is 12.2. The van der Waals surface area contributed by atoms with Crippen LogP contribution in [-0.2, 0) is 9.53 Å². The highest BCUT2D eigenvalue weighted by Crippen LogP contribution is 3.02. The first kappa shape index (κ1) is 21.3. The lowest BCUT2D eigenvalue weighted by atomic mass is 9.86. The first-order valence-electron chi connectivity index (χ1n) is 7.66. The van der Waals surface area contributed by atoms with Crippen molar-refractivity contribution in [1.82, 2.24) is 16.1 Å². The average Bonchev–Trinajstić information content (AvgIpc) is 2.53. The molecule has 27 heavy (non-hydrogen) atoms. The minimum atomic E-state index is -9.85. The maximum atomic E-state index is 12.7. The number of carbonyl (C=O) groups excluding carboxylic acids is 2.